The fourth-order valence-corrected chi connectivity index (χ4v) is 2.96. The highest BCUT2D eigenvalue weighted by atomic mass is 19.3. The Bertz CT molecular complexity index is 1120. The number of nitrogens with one attached hydrogen (secondary N) is 1. The van der Waals surface area contributed by atoms with Crippen molar-refractivity contribution in [3.8, 4) is 6.07 Å². The molecule has 8 heteroatoms. The number of aryl methyl sites for hydroxylation is 1. The van der Waals surface area contributed by atoms with Crippen molar-refractivity contribution in [3.05, 3.63) is 69.4 Å². The van der Waals surface area contributed by atoms with Gasteiger partial charge in [0.05, 0.1) is 22.7 Å². The van der Waals surface area contributed by atoms with Gasteiger partial charge in [0.15, 0.2) is 0 Å². The minimum Gasteiger partial charge on any atom is -0.363 e. The highest BCUT2D eigenvalue weighted by Gasteiger charge is 2.20. The summed E-state index contributed by atoms with van der Waals surface area (Å²) >= 11 is 0. The molecule has 2 heterocycles. The van der Waals surface area contributed by atoms with Crippen molar-refractivity contribution in [3.63, 3.8) is 0 Å². The van der Waals surface area contributed by atoms with E-state index in [-0.39, 0.29) is 16.7 Å². The lowest BCUT2D eigenvalue weighted by Gasteiger charge is -2.19. The molecule has 0 spiro atoms. The second-order valence-corrected chi connectivity index (χ2v) is 6.04. The molecule has 5 nitrogen and oxygen atoms in total. The first-order chi connectivity index (χ1) is 12.8. The molecule has 1 N–H and O–H groups in total. The van der Waals surface area contributed by atoms with Crippen molar-refractivity contribution >= 4 is 16.7 Å². The number of anilines is 1. The molecule has 0 fully saturated rings. The standard InChI is InChI=1S/C19H15F3N4O/c1-10(12-4-3-5-13(16(12)20)18(21)22)25-19-14-6-7-15(27)26(2)17(14)11(8-23)9-24-19/h3-7,9-10,18H,1-2H3,(H,24,25)/t10-/m1/s1. The van der Waals surface area contributed by atoms with Crippen LogP contribution in [0.25, 0.3) is 10.9 Å². The first-order valence-corrected chi connectivity index (χ1v) is 8.07. The van der Waals surface area contributed by atoms with E-state index >= 15 is 0 Å². The maximum atomic E-state index is 14.4. The van der Waals surface area contributed by atoms with Crippen LogP contribution in [0.4, 0.5) is 19.0 Å². The van der Waals surface area contributed by atoms with Gasteiger partial charge >= 0.3 is 0 Å². The normalized spacial score (nSPS) is 12.2. The van der Waals surface area contributed by atoms with Gasteiger partial charge in [-0.05, 0) is 13.0 Å². The molecule has 0 bridgehead atoms. The van der Waals surface area contributed by atoms with Crippen molar-refractivity contribution in [2.45, 2.75) is 19.4 Å². The number of nitriles is 1. The van der Waals surface area contributed by atoms with E-state index in [1.807, 2.05) is 6.07 Å². The minimum absolute atomic E-state index is 0.0666. The third-order valence-corrected chi connectivity index (χ3v) is 4.38. The molecule has 0 amide bonds. The summed E-state index contributed by atoms with van der Waals surface area (Å²) in [6, 6.07) is 7.99. The Hall–Kier alpha value is -3.34. The fourth-order valence-electron chi connectivity index (χ4n) is 2.96. The molecule has 3 aromatic rings. The summed E-state index contributed by atoms with van der Waals surface area (Å²) in [5, 5.41) is 12.8. The summed E-state index contributed by atoms with van der Waals surface area (Å²) in [5.74, 6) is -0.660. The largest absolute Gasteiger partial charge is 0.363 e. The van der Waals surface area contributed by atoms with Gasteiger partial charge in [-0.1, -0.05) is 18.2 Å². The lowest BCUT2D eigenvalue weighted by Crippen LogP contribution is -2.18. The number of alkyl halides is 2. The van der Waals surface area contributed by atoms with E-state index in [0.717, 1.165) is 6.07 Å². The number of nitrogens with zero attached hydrogens (tertiary/aromatic N) is 3. The number of aromatic nitrogens is 2. The molecule has 1 aromatic carbocycles. The lowest BCUT2D eigenvalue weighted by atomic mass is 10.0. The molecule has 0 saturated carbocycles. The molecule has 0 radical (unpaired) electrons. The topological polar surface area (TPSA) is 70.7 Å². The zero-order chi connectivity index (χ0) is 19.7. The number of rotatable bonds is 4. The molecular formula is C19H15F3N4O. The summed E-state index contributed by atoms with van der Waals surface area (Å²) in [7, 11) is 1.53. The third kappa shape index (κ3) is 3.24. The Morgan fingerprint density at radius 3 is 2.59 bits per heavy atom. The molecule has 3 rings (SSSR count). The Morgan fingerprint density at radius 2 is 1.93 bits per heavy atom. The Kier molecular flexibility index (Phi) is 4.86. The monoisotopic (exact) mass is 372 g/mol. The summed E-state index contributed by atoms with van der Waals surface area (Å²) in [6.45, 7) is 1.61. The van der Waals surface area contributed by atoms with Gasteiger partial charge in [0, 0.05) is 30.3 Å². The van der Waals surface area contributed by atoms with Crippen LogP contribution in [0.3, 0.4) is 0 Å². The predicted molar refractivity (Wildman–Crippen MR) is 95.1 cm³/mol. The number of fused-ring (bicyclic) bond motifs is 1. The van der Waals surface area contributed by atoms with E-state index in [4.69, 9.17) is 0 Å². The number of hydrogen-bond acceptors (Lipinski definition) is 4. The summed E-state index contributed by atoms with van der Waals surface area (Å²) in [4.78, 5) is 16.1. The summed E-state index contributed by atoms with van der Waals surface area (Å²) in [6.07, 6.45) is -1.61. The van der Waals surface area contributed by atoms with Crippen LogP contribution < -0.4 is 10.9 Å². The minimum atomic E-state index is -2.92. The van der Waals surface area contributed by atoms with Crippen molar-refractivity contribution < 1.29 is 13.2 Å². The van der Waals surface area contributed by atoms with Crippen molar-refractivity contribution in [1.82, 2.24) is 9.55 Å². The van der Waals surface area contributed by atoms with Gasteiger partial charge in [-0.15, -0.1) is 0 Å². The van der Waals surface area contributed by atoms with Gasteiger partial charge in [-0.25, -0.2) is 18.2 Å². The van der Waals surface area contributed by atoms with Crippen LogP contribution in [0.2, 0.25) is 0 Å². The average molecular weight is 372 g/mol. The van der Waals surface area contributed by atoms with Crippen molar-refractivity contribution in [1.29, 1.82) is 5.26 Å². The van der Waals surface area contributed by atoms with Gasteiger partial charge in [-0.2, -0.15) is 5.26 Å². The van der Waals surface area contributed by atoms with Crippen molar-refractivity contribution in [2.75, 3.05) is 5.32 Å². The molecule has 1 atom stereocenters. The second-order valence-electron chi connectivity index (χ2n) is 6.04. The Balaban J connectivity index is 2.08. The summed E-state index contributed by atoms with van der Waals surface area (Å²) in [5.41, 5.74) is -0.288. The molecule has 0 unspecified atom stereocenters. The van der Waals surface area contributed by atoms with Crippen LogP contribution in [0, 0.1) is 17.1 Å². The van der Waals surface area contributed by atoms with E-state index in [2.05, 4.69) is 10.3 Å². The predicted octanol–water partition coefficient (Wildman–Crippen LogP) is 4.05. The van der Waals surface area contributed by atoms with Gasteiger partial charge < -0.3 is 9.88 Å². The van der Waals surface area contributed by atoms with Crippen LogP contribution in [0.15, 0.2) is 41.3 Å². The second kappa shape index (κ2) is 7.11. The first-order valence-electron chi connectivity index (χ1n) is 8.07. The number of hydrogen-bond donors (Lipinski definition) is 1. The van der Waals surface area contributed by atoms with E-state index in [1.165, 1.54) is 42.1 Å². The smallest absolute Gasteiger partial charge is 0.266 e. The van der Waals surface area contributed by atoms with Crippen LogP contribution in [0.5, 0.6) is 0 Å². The molecule has 0 saturated heterocycles. The van der Waals surface area contributed by atoms with E-state index < -0.39 is 23.8 Å². The number of pyridine rings is 2. The van der Waals surface area contributed by atoms with Crippen LogP contribution >= 0.6 is 0 Å². The van der Waals surface area contributed by atoms with Crippen LogP contribution in [-0.2, 0) is 7.05 Å². The molecule has 27 heavy (non-hydrogen) atoms. The zero-order valence-electron chi connectivity index (χ0n) is 14.5. The Morgan fingerprint density at radius 1 is 1.22 bits per heavy atom. The average Bonchev–Trinajstić information content (AvgIpc) is 2.64. The quantitative estimate of drug-likeness (QED) is 0.750. The molecule has 138 valence electrons. The van der Waals surface area contributed by atoms with E-state index in [0.29, 0.717) is 16.7 Å². The molecule has 0 aliphatic rings. The van der Waals surface area contributed by atoms with Gasteiger partial charge in [0.1, 0.15) is 17.7 Å². The molecular weight excluding hydrogens is 357 g/mol. The molecule has 0 aliphatic carbocycles. The third-order valence-electron chi connectivity index (χ3n) is 4.38. The fraction of sp³-hybridized carbons (Fsp3) is 0.211. The highest BCUT2D eigenvalue weighted by Crippen LogP contribution is 2.30. The SMILES string of the molecule is C[C@@H](Nc1ncc(C#N)c2c1ccc(=O)n2C)c1cccc(C(F)F)c1F. The van der Waals surface area contributed by atoms with Gasteiger partial charge in [0.25, 0.3) is 12.0 Å². The van der Waals surface area contributed by atoms with Gasteiger partial charge in [0.2, 0.25) is 0 Å². The number of benzene rings is 1. The van der Waals surface area contributed by atoms with Gasteiger partial charge in [-0.3, -0.25) is 4.79 Å². The van der Waals surface area contributed by atoms with Crippen LogP contribution in [-0.4, -0.2) is 9.55 Å². The summed E-state index contributed by atoms with van der Waals surface area (Å²) < 4.78 is 41.6. The highest BCUT2D eigenvalue weighted by molar-refractivity contribution is 5.93. The van der Waals surface area contributed by atoms with Crippen molar-refractivity contribution in [2.24, 2.45) is 7.05 Å². The zero-order valence-corrected chi connectivity index (χ0v) is 14.5. The maximum Gasteiger partial charge on any atom is 0.266 e. The van der Waals surface area contributed by atoms with Crippen LogP contribution in [0.1, 0.15) is 36.1 Å². The molecule has 0 aliphatic heterocycles. The van der Waals surface area contributed by atoms with E-state index in [9.17, 15) is 23.2 Å². The Labute approximate surface area is 152 Å². The first kappa shape index (κ1) is 18.5. The van der Waals surface area contributed by atoms with E-state index in [1.54, 1.807) is 6.92 Å². The molecule has 2 aromatic heterocycles. The lowest BCUT2D eigenvalue weighted by molar-refractivity contribution is 0.146. The maximum absolute atomic E-state index is 14.4. The number of halogens is 3.